The van der Waals surface area contributed by atoms with E-state index in [1.807, 2.05) is 6.07 Å². The molecule has 1 atom stereocenters. The lowest BCUT2D eigenvalue weighted by Crippen LogP contribution is -2.47. The Labute approximate surface area is 166 Å². The van der Waals surface area contributed by atoms with E-state index >= 15 is 0 Å². The fourth-order valence-corrected chi connectivity index (χ4v) is 5.36. The third-order valence-corrected chi connectivity index (χ3v) is 7.21. The number of likely N-dealkylation sites (N-methyl/N-ethyl adjacent to an activating group) is 1. The molecule has 0 spiro atoms. The van der Waals surface area contributed by atoms with Gasteiger partial charge in [0.2, 0.25) is 0 Å². The molecule has 0 aliphatic carbocycles. The molecule has 2 heterocycles. The Morgan fingerprint density at radius 1 is 1.04 bits per heavy atom. The number of benzene rings is 2. The van der Waals surface area contributed by atoms with Crippen molar-refractivity contribution in [1.29, 1.82) is 0 Å². The Balaban J connectivity index is 1.74. The molecule has 2 aromatic rings. The number of rotatable bonds is 3. The van der Waals surface area contributed by atoms with E-state index in [1.54, 1.807) is 23.9 Å². The van der Waals surface area contributed by atoms with Crippen molar-refractivity contribution >= 4 is 11.8 Å². The van der Waals surface area contributed by atoms with Crippen LogP contribution in [0.1, 0.15) is 49.4 Å². The second kappa shape index (κ2) is 7.94. The van der Waals surface area contributed by atoms with Gasteiger partial charge in [-0.1, -0.05) is 50.7 Å². The van der Waals surface area contributed by atoms with Crippen LogP contribution in [0.15, 0.2) is 46.2 Å². The highest BCUT2D eigenvalue weighted by atomic mass is 32.2. The highest BCUT2D eigenvalue weighted by molar-refractivity contribution is 7.99. The summed E-state index contributed by atoms with van der Waals surface area (Å²) in [5.41, 5.74) is 4.09. The van der Waals surface area contributed by atoms with Gasteiger partial charge in [0.05, 0.1) is 0 Å². The van der Waals surface area contributed by atoms with Crippen molar-refractivity contribution in [2.24, 2.45) is 0 Å². The zero-order valence-corrected chi connectivity index (χ0v) is 17.4. The second-order valence-electron chi connectivity index (χ2n) is 8.00. The summed E-state index contributed by atoms with van der Waals surface area (Å²) in [6.45, 7) is 12.4. The monoisotopic (exact) mass is 384 g/mol. The highest BCUT2D eigenvalue weighted by Gasteiger charge is 2.30. The lowest BCUT2D eigenvalue weighted by Gasteiger charge is -2.39. The summed E-state index contributed by atoms with van der Waals surface area (Å²) in [4.78, 5) is 7.53. The molecule has 27 heavy (non-hydrogen) atoms. The first kappa shape index (κ1) is 19.0. The minimum absolute atomic E-state index is 0.142. The second-order valence-corrected chi connectivity index (χ2v) is 9.08. The Kier molecular flexibility index (Phi) is 5.58. The molecule has 0 N–H and O–H groups in total. The van der Waals surface area contributed by atoms with E-state index in [1.165, 1.54) is 21.6 Å². The zero-order valence-electron chi connectivity index (χ0n) is 16.5. The standard InChI is InChI=1S/C23H29FN2S/c1-4-25-9-11-26(12-10-25)21-14-18-5-7-19(24)15-23(18)27-22-8-6-17(16(2)3)13-20(21)22/h5-8,13,15-16,21H,4,9-12,14H2,1-3H3. The molecule has 144 valence electrons. The largest absolute Gasteiger partial charge is 0.301 e. The number of hydrogen-bond donors (Lipinski definition) is 0. The maximum absolute atomic E-state index is 13.9. The summed E-state index contributed by atoms with van der Waals surface area (Å²) < 4.78 is 13.9. The zero-order chi connectivity index (χ0) is 19.0. The molecule has 1 fully saturated rings. The number of halogens is 1. The molecule has 0 bridgehead atoms. The van der Waals surface area contributed by atoms with E-state index in [4.69, 9.17) is 0 Å². The van der Waals surface area contributed by atoms with E-state index in [0.29, 0.717) is 12.0 Å². The summed E-state index contributed by atoms with van der Waals surface area (Å²) in [5, 5.41) is 0. The number of nitrogens with zero attached hydrogens (tertiary/aromatic N) is 2. The molecule has 4 heteroatoms. The normalized spacial score (nSPS) is 21.0. The van der Waals surface area contributed by atoms with Gasteiger partial charge in [-0.15, -0.1) is 0 Å². The smallest absolute Gasteiger partial charge is 0.124 e. The van der Waals surface area contributed by atoms with Crippen LogP contribution in [0.4, 0.5) is 4.39 Å². The van der Waals surface area contributed by atoms with Gasteiger partial charge in [0.15, 0.2) is 0 Å². The molecule has 0 aromatic heterocycles. The lowest BCUT2D eigenvalue weighted by molar-refractivity contribution is 0.0977. The predicted octanol–water partition coefficient (Wildman–Crippen LogP) is 5.34. The van der Waals surface area contributed by atoms with Crippen LogP contribution in [0, 0.1) is 5.82 Å². The summed E-state index contributed by atoms with van der Waals surface area (Å²) in [6.07, 6.45) is 0.962. The van der Waals surface area contributed by atoms with Gasteiger partial charge in [0, 0.05) is 42.0 Å². The van der Waals surface area contributed by atoms with Crippen molar-refractivity contribution in [2.75, 3.05) is 32.7 Å². The fourth-order valence-electron chi connectivity index (χ4n) is 4.23. The average Bonchev–Trinajstić information content (AvgIpc) is 2.83. The molecule has 2 aromatic carbocycles. The van der Waals surface area contributed by atoms with E-state index in [2.05, 4.69) is 48.8 Å². The Hall–Kier alpha value is -1.36. The van der Waals surface area contributed by atoms with Crippen molar-refractivity contribution in [3.8, 4) is 0 Å². The van der Waals surface area contributed by atoms with Crippen LogP contribution in [0.2, 0.25) is 0 Å². The molecule has 4 rings (SSSR count). The van der Waals surface area contributed by atoms with Gasteiger partial charge < -0.3 is 4.90 Å². The van der Waals surface area contributed by atoms with Crippen molar-refractivity contribution in [3.63, 3.8) is 0 Å². The summed E-state index contributed by atoms with van der Waals surface area (Å²) >= 11 is 1.73. The average molecular weight is 385 g/mol. The predicted molar refractivity (Wildman–Crippen MR) is 111 cm³/mol. The van der Waals surface area contributed by atoms with Gasteiger partial charge in [0.1, 0.15) is 5.82 Å². The molecule has 1 saturated heterocycles. The van der Waals surface area contributed by atoms with Gasteiger partial charge in [-0.2, -0.15) is 0 Å². The number of piperazine rings is 1. The number of fused-ring (bicyclic) bond motifs is 2. The van der Waals surface area contributed by atoms with Crippen molar-refractivity contribution < 1.29 is 4.39 Å². The van der Waals surface area contributed by atoms with Crippen molar-refractivity contribution in [3.05, 3.63) is 58.9 Å². The van der Waals surface area contributed by atoms with Gasteiger partial charge in [-0.25, -0.2) is 4.39 Å². The lowest BCUT2D eigenvalue weighted by atomic mass is 9.93. The third kappa shape index (κ3) is 3.94. The van der Waals surface area contributed by atoms with Gasteiger partial charge >= 0.3 is 0 Å². The first-order valence-corrected chi connectivity index (χ1v) is 10.9. The van der Waals surface area contributed by atoms with Gasteiger partial charge in [-0.3, -0.25) is 4.90 Å². The minimum atomic E-state index is -0.142. The van der Waals surface area contributed by atoms with E-state index in [-0.39, 0.29) is 5.82 Å². The van der Waals surface area contributed by atoms with Crippen LogP contribution in [0.3, 0.4) is 0 Å². The number of hydrogen-bond acceptors (Lipinski definition) is 3. The van der Waals surface area contributed by atoms with Crippen molar-refractivity contribution in [1.82, 2.24) is 9.80 Å². The topological polar surface area (TPSA) is 6.48 Å². The van der Waals surface area contributed by atoms with Crippen LogP contribution in [0.5, 0.6) is 0 Å². The maximum atomic E-state index is 13.9. The molecular formula is C23H29FN2S. The quantitative estimate of drug-likeness (QED) is 0.706. The molecule has 2 aliphatic heterocycles. The molecule has 2 nitrogen and oxygen atoms in total. The van der Waals surface area contributed by atoms with Crippen LogP contribution in [-0.2, 0) is 6.42 Å². The van der Waals surface area contributed by atoms with Gasteiger partial charge in [0.25, 0.3) is 0 Å². The van der Waals surface area contributed by atoms with Crippen LogP contribution in [-0.4, -0.2) is 42.5 Å². The molecular weight excluding hydrogens is 355 g/mol. The minimum Gasteiger partial charge on any atom is -0.301 e. The fraction of sp³-hybridized carbons (Fsp3) is 0.478. The molecule has 0 amide bonds. The maximum Gasteiger partial charge on any atom is 0.124 e. The first-order chi connectivity index (χ1) is 13.0. The van der Waals surface area contributed by atoms with Crippen LogP contribution >= 0.6 is 11.8 Å². The first-order valence-electron chi connectivity index (χ1n) is 10.1. The molecule has 2 aliphatic rings. The summed E-state index contributed by atoms with van der Waals surface area (Å²) in [7, 11) is 0. The highest BCUT2D eigenvalue weighted by Crippen LogP contribution is 2.44. The Morgan fingerprint density at radius 2 is 1.81 bits per heavy atom. The summed E-state index contributed by atoms with van der Waals surface area (Å²) in [5.74, 6) is 0.373. The molecule has 0 radical (unpaired) electrons. The van der Waals surface area contributed by atoms with Crippen molar-refractivity contribution in [2.45, 2.75) is 48.9 Å². The molecule has 1 unspecified atom stereocenters. The van der Waals surface area contributed by atoms with Crippen LogP contribution < -0.4 is 0 Å². The summed E-state index contributed by atoms with van der Waals surface area (Å²) in [6, 6.07) is 12.6. The Bertz CT molecular complexity index is 812. The molecule has 0 saturated carbocycles. The Morgan fingerprint density at radius 3 is 2.52 bits per heavy atom. The van der Waals surface area contributed by atoms with Gasteiger partial charge in [-0.05, 0) is 53.8 Å². The van der Waals surface area contributed by atoms with E-state index in [0.717, 1.165) is 44.0 Å². The van der Waals surface area contributed by atoms with E-state index in [9.17, 15) is 4.39 Å². The van der Waals surface area contributed by atoms with Crippen LogP contribution in [0.25, 0.3) is 0 Å². The van der Waals surface area contributed by atoms with E-state index < -0.39 is 0 Å². The SMILES string of the molecule is CCN1CCN(C2Cc3ccc(F)cc3Sc3ccc(C(C)C)cc32)CC1. The third-order valence-electron chi connectivity index (χ3n) is 6.02.